The van der Waals surface area contributed by atoms with Crippen LogP contribution in [0.4, 0.5) is 10.5 Å². The van der Waals surface area contributed by atoms with Crippen molar-refractivity contribution in [2.45, 2.75) is 51.3 Å². The smallest absolute Gasteiger partial charge is 0.410 e. The average molecular weight is 321 g/mol. The Morgan fingerprint density at radius 2 is 2.00 bits per heavy atom. The number of likely N-dealkylation sites (tertiary alicyclic amines) is 1. The number of ether oxygens (including phenoxy) is 1. The maximum absolute atomic E-state index is 12.0. The Kier molecular flexibility index (Phi) is 3.69. The molecule has 3 N–H and O–H groups in total. The summed E-state index contributed by atoms with van der Waals surface area (Å²) in [5.74, 6) is -0.230. The number of nitrogens with one attached hydrogen (secondary N) is 1. The average Bonchev–Trinajstić information content (AvgIpc) is 3.07. The second kappa shape index (κ2) is 5.43. The maximum Gasteiger partial charge on any atom is 0.410 e. The molecule has 1 aliphatic heterocycles. The summed E-state index contributed by atoms with van der Waals surface area (Å²) in [6.07, 6.45) is 3.35. The topological polar surface area (TPSA) is 102 Å². The molecule has 1 aromatic rings. The number of nitrogens with zero attached hydrogens (tertiary/aromatic N) is 3. The fourth-order valence-corrected chi connectivity index (χ4v) is 2.35. The maximum atomic E-state index is 12.0. The molecule has 3 rings (SSSR count). The van der Waals surface area contributed by atoms with Gasteiger partial charge in [0.25, 0.3) is 5.91 Å². The third-order valence-electron chi connectivity index (χ3n) is 3.78. The predicted molar refractivity (Wildman–Crippen MR) is 84.0 cm³/mol. The number of amides is 2. The highest BCUT2D eigenvalue weighted by atomic mass is 16.6. The minimum atomic E-state index is -0.508. The molecule has 0 aromatic carbocycles. The Morgan fingerprint density at radius 1 is 1.35 bits per heavy atom. The van der Waals surface area contributed by atoms with Crippen molar-refractivity contribution >= 4 is 17.7 Å². The van der Waals surface area contributed by atoms with E-state index < -0.39 is 5.60 Å². The number of hydrogen-bond donors (Lipinski definition) is 2. The quantitative estimate of drug-likeness (QED) is 0.869. The van der Waals surface area contributed by atoms with Gasteiger partial charge in [0.15, 0.2) is 5.69 Å². The van der Waals surface area contributed by atoms with Gasteiger partial charge in [0.1, 0.15) is 5.60 Å². The highest BCUT2D eigenvalue weighted by Crippen LogP contribution is 2.25. The van der Waals surface area contributed by atoms with E-state index in [1.165, 1.54) is 0 Å². The number of rotatable bonds is 3. The highest BCUT2D eigenvalue weighted by molar-refractivity contribution is 5.97. The molecule has 23 heavy (non-hydrogen) atoms. The molecule has 2 aliphatic rings. The molecule has 126 valence electrons. The monoisotopic (exact) mass is 321 g/mol. The van der Waals surface area contributed by atoms with Crippen LogP contribution in [0.5, 0.6) is 0 Å². The van der Waals surface area contributed by atoms with Crippen molar-refractivity contribution in [1.82, 2.24) is 20.0 Å². The standard InChI is InChI=1S/C15H23N5O3/c1-15(2,3)23-14(22)19-6-10(7-19)20-8-11(16)12(18-20)13(21)17-9-4-5-9/h8-10H,4-7,16H2,1-3H3,(H,17,21). The van der Waals surface area contributed by atoms with E-state index >= 15 is 0 Å². The summed E-state index contributed by atoms with van der Waals surface area (Å²) >= 11 is 0. The summed E-state index contributed by atoms with van der Waals surface area (Å²) < 4.78 is 6.98. The van der Waals surface area contributed by atoms with Gasteiger partial charge in [0.2, 0.25) is 0 Å². The van der Waals surface area contributed by atoms with Crippen LogP contribution >= 0.6 is 0 Å². The second-order valence-corrected chi connectivity index (χ2v) is 7.20. The van der Waals surface area contributed by atoms with Crippen molar-refractivity contribution in [1.29, 1.82) is 0 Å². The summed E-state index contributed by atoms with van der Waals surface area (Å²) in [6.45, 7) is 6.50. The van der Waals surface area contributed by atoms with Crippen LogP contribution in [0.1, 0.15) is 50.1 Å². The molecule has 0 atom stereocenters. The SMILES string of the molecule is CC(C)(C)OC(=O)N1CC(n2cc(N)c(C(=O)NC3CC3)n2)C1. The van der Waals surface area contributed by atoms with Crippen LogP contribution in [0.15, 0.2) is 6.20 Å². The Labute approximate surface area is 134 Å². The lowest BCUT2D eigenvalue weighted by Crippen LogP contribution is -2.52. The Hall–Kier alpha value is -2.25. The third-order valence-corrected chi connectivity index (χ3v) is 3.78. The lowest BCUT2D eigenvalue weighted by Gasteiger charge is -2.39. The highest BCUT2D eigenvalue weighted by Gasteiger charge is 2.36. The van der Waals surface area contributed by atoms with Crippen molar-refractivity contribution in [3.05, 3.63) is 11.9 Å². The minimum Gasteiger partial charge on any atom is -0.444 e. The van der Waals surface area contributed by atoms with Gasteiger partial charge < -0.3 is 20.7 Å². The van der Waals surface area contributed by atoms with Crippen LogP contribution in [0.2, 0.25) is 0 Å². The van der Waals surface area contributed by atoms with Gasteiger partial charge in [-0.25, -0.2) is 4.79 Å². The van der Waals surface area contributed by atoms with Gasteiger partial charge in [-0.3, -0.25) is 9.48 Å². The molecule has 8 nitrogen and oxygen atoms in total. The van der Waals surface area contributed by atoms with E-state index in [1.54, 1.807) is 15.8 Å². The van der Waals surface area contributed by atoms with Gasteiger partial charge in [0.05, 0.1) is 11.7 Å². The van der Waals surface area contributed by atoms with Crippen molar-refractivity contribution in [3.8, 4) is 0 Å². The first kappa shape index (κ1) is 15.6. The number of carbonyl (C=O) groups is 2. The summed E-state index contributed by atoms with van der Waals surface area (Å²) in [5.41, 5.74) is 5.99. The van der Waals surface area contributed by atoms with Gasteiger partial charge in [-0.2, -0.15) is 5.10 Å². The second-order valence-electron chi connectivity index (χ2n) is 7.20. The van der Waals surface area contributed by atoms with Gasteiger partial charge in [0, 0.05) is 25.3 Å². The summed E-state index contributed by atoms with van der Waals surface area (Å²) in [4.78, 5) is 25.6. The summed E-state index contributed by atoms with van der Waals surface area (Å²) in [5, 5.41) is 7.15. The molecule has 8 heteroatoms. The molecule has 2 amide bonds. The first-order valence-corrected chi connectivity index (χ1v) is 7.86. The molecule has 0 bridgehead atoms. The molecule has 1 saturated carbocycles. The molecule has 0 spiro atoms. The van der Waals surface area contributed by atoms with Crippen LogP contribution in [-0.4, -0.2) is 51.4 Å². The van der Waals surface area contributed by atoms with Crippen molar-refractivity contribution in [2.75, 3.05) is 18.8 Å². The number of hydrogen-bond acceptors (Lipinski definition) is 5. The number of nitrogens with two attached hydrogens (primary N) is 1. The lowest BCUT2D eigenvalue weighted by molar-refractivity contribution is -0.000450. The van der Waals surface area contributed by atoms with Crippen molar-refractivity contribution in [2.24, 2.45) is 0 Å². The molecule has 1 aliphatic carbocycles. The largest absolute Gasteiger partial charge is 0.444 e. The van der Waals surface area contributed by atoms with Crippen LogP contribution in [0.25, 0.3) is 0 Å². The van der Waals surface area contributed by atoms with Crippen LogP contribution in [0, 0.1) is 0 Å². The first-order chi connectivity index (χ1) is 10.7. The van der Waals surface area contributed by atoms with Gasteiger partial charge in [-0.15, -0.1) is 0 Å². The fraction of sp³-hybridized carbons (Fsp3) is 0.667. The van der Waals surface area contributed by atoms with E-state index in [1.807, 2.05) is 20.8 Å². The molecular formula is C15H23N5O3. The van der Waals surface area contributed by atoms with E-state index in [-0.39, 0.29) is 29.8 Å². The molecular weight excluding hydrogens is 298 g/mol. The summed E-state index contributed by atoms with van der Waals surface area (Å²) in [7, 11) is 0. The lowest BCUT2D eigenvalue weighted by atomic mass is 10.1. The van der Waals surface area contributed by atoms with Crippen molar-refractivity contribution in [3.63, 3.8) is 0 Å². The molecule has 1 saturated heterocycles. The molecule has 0 unspecified atom stereocenters. The van der Waals surface area contributed by atoms with E-state index in [9.17, 15) is 9.59 Å². The normalized spacial score (nSPS) is 18.5. The first-order valence-electron chi connectivity index (χ1n) is 7.86. The number of nitrogen functional groups attached to an aromatic ring is 1. The zero-order valence-corrected chi connectivity index (χ0v) is 13.7. The predicted octanol–water partition coefficient (Wildman–Crippen LogP) is 1.15. The van der Waals surface area contributed by atoms with Crippen LogP contribution < -0.4 is 11.1 Å². The van der Waals surface area contributed by atoms with E-state index in [0.29, 0.717) is 18.8 Å². The Bertz CT molecular complexity index is 624. The molecule has 1 aromatic heterocycles. The molecule has 2 fully saturated rings. The number of aromatic nitrogens is 2. The van der Waals surface area contributed by atoms with E-state index in [0.717, 1.165) is 12.8 Å². The van der Waals surface area contributed by atoms with Gasteiger partial charge in [-0.05, 0) is 33.6 Å². The molecule has 0 radical (unpaired) electrons. The third kappa shape index (κ3) is 3.57. The van der Waals surface area contributed by atoms with Gasteiger partial charge >= 0.3 is 6.09 Å². The Balaban J connectivity index is 1.57. The Morgan fingerprint density at radius 3 is 2.57 bits per heavy atom. The van der Waals surface area contributed by atoms with Gasteiger partial charge in [-0.1, -0.05) is 0 Å². The number of anilines is 1. The van der Waals surface area contributed by atoms with Crippen LogP contribution in [-0.2, 0) is 4.74 Å². The van der Waals surface area contributed by atoms with Crippen molar-refractivity contribution < 1.29 is 14.3 Å². The zero-order chi connectivity index (χ0) is 16.8. The summed E-state index contributed by atoms with van der Waals surface area (Å²) in [6, 6.07) is 0.283. The van der Waals surface area contributed by atoms with Crippen LogP contribution in [0.3, 0.4) is 0 Å². The molecule has 2 heterocycles. The zero-order valence-electron chi connectivity index (χ0n) is 13.7. The number of carbonyl (C=O) groups excluding carboxylic acids is 2. The minimum absolute atomic E-state index is 0.0206. The fourth-order valence-electron chi connectivity index (χ4n) is 2.35. The van der Waals surface area contributed by atoms with E-state index in [2.05, 4.69) is 10.4 Å². The van der Waals surface area contributed by atoms with E-state index in [4.69, 9.17) is 10.5 Å².